The molecule has 1 amide bonds. The Morgan fingerprint density at radius 3 is 2.41 bits per heavy atom. The van der Waals surface area contributed by atoms with Gasteiger partial charge in [0.2, 0.25) is 0 Å². The topological polar surface area (TPSA) is 91.1 Å². The van der Waals surface area contributed by atoms with E-state index in [0.717, 1.165) is 23.1 Å². The first-order valence-electron chi connectivity index (χ1n) is 9.75. The highest BCUT2D eigenvalue weighted by molar-refractivity contribution is 8.26. The molecule has 0 aromatic heterocycles. The Balaban J connectivity index is 1.54. The van der Waals surface area contributed by atoms with Crippen LogP contribution in [0.2, 0.25) is 0 Å². The molecule has 168 valence electrons. The van der Waals surface area contributed by atoms with Crippen molar-refractivity contribution in [1.29, 1.82) is 0 Å². The Morgan fingerprint density at radius 2 is 1.78 bits per heavy atom. The molecule has 8 nitrogen and oxygen atoms in total. The average molecular weight is 475 g/mol. The van der Waals surface area contributed by atoms with Gasteiger partial charge in [-0.05, 0) is 31.2 Å². The third-order valence-corrected chi connectivity index (χ3v) is 5.96. The van der Waals surface area contributed by atoms with E-state index < -0.39 is 4.92 Å². The quantitative estimate of drug-likeness (QED) is 0.166. The first kappa shape index (κ1) is 23.7. The minimum atomic E-state index is -0.497. The van der Waals surface area contributed by atoms with E-state index >= 15 is 0 Å². The van der Waals surface area contributed by atoms with Crippen molar-refractivity contribution < 1.29 is 23.9 Å². The number of nitro groups is 1. The first-order chi connectivity index (χ1) is 15.3. The van der Waals surface area contributed by atoms with Crippen LogP contribution in [0, 0.1) is 17.0 Å². The number of non-ortho nitro benzene ring substituents is 1. The number of rotatable bonds is 10. The molecule has 0 atom stereocenters. The van der Waals surface area contributed by atoms with E-state index in [2.05, 4.69) is 0 Å². The fraction of sp³-hybridized carbons (Fsp3) is 0.273. The number of hydrogen-bond acceptors (Lipinski definition) is 8. The second-order valence-electron chi connectivity index (χ2n) is 6.84. The van der Waals surface area contributed by atoms with Crippen LogP contribution in [-0.4, -0.2) is 53.5 Å². The minimum absolute atomic E-state index is 0.0971. The van der Waals surface area contributed by atoms with Crippen LogP contribution in [0.4, 0.5) is 5.69 Å². The van der Waals surface area contributed by atoms with Gasteiger partial charge in [-0.25, -0.2) is 0 Å². The number of carbonyl (C=O) groups is 1. The number of aryl methyl sites for hydroxylation is 1. The van der Waals surface area contributed by atoms with Crippen molar-refractivity contribution in [2.24, 2.45) is 0 Å². The fourth-order valence-electron chi connectivity index (χ4n) is 2.75. The van der Waals surface area contributed by atoms with Crippen LogP contribution in [0.5, 0.6) is 11.5 Å². The largest absolute Gasteiger partial charge is 0.491 e. The molecule has 0 aliphatic carbocycles. The maximum absolute atomic E-state index is 12.3. The molecule has 1 aliphatic rings. The van der Waals surface area contributed by atoms with Gasteiger partial charge in [-0.1, -0.05) is 41.7 Å². The lowest BCUT2D eigenvalue weighted by Gasteiger charge is -2.11. The Hall–Kier alpha value is -2.95. The maximum atomic E-state index is 12.3. The van der Waals surface area contributed by atoms with Gasteiger partial charge < -0.3 is 14.2 Å². The van der Waals surface area contributed by atoms with Crippen molar-refractivity contribution >= 4 is 46.0 Å². The van der Waals surface area contributed by atoms with Crippen LogP contribution in [0.15, 0.2) is 47.4 Å². The van der Waals surface area contributed by atoms with Gasteiger partial charge >= 0.3 is 0 Å². The average Bonchev–Trinajstić information content (AvgIpc) is 3.01. The number of ether oxygens (including phenoxy) is 3. The predicted molar refractivity (Wildman–Crippen MR) is 127 cm³/mol. The van der Waals surface area contributed by atoms with Crippen molar-refractivity contribution in [1.82, 2.24) is 4.90 Å². The number of thiocarbonyl (C=S) groups is 1. The van der Waals surface area contributed by atoms with Gasteiger partial charge in [0.25, 0.3) is 11.6 Å². The highest BCUT2D eigenvalue weighted by Crippen LogP contribution is 2.34. The monoisotopic (exact) mass is 474 g/mol. The Bertz CT molecular complexity index is 1040. The Morgan fingerprint density at radius 1 is 1.09 bits per heavy atom. The van der Waals surface area contributed by atoms with E-state index in [1.807, 2.05) is 31.2 Å². The summed E-state index contributed by atoms with van der Waals surface area (Å²) >= 11 is 6.27. The van der Waals surface area contributed by atoms with E-state index in [4.69, 9.17) is 26.4 Å². The number of thioether (sulfide) groups is 1. The fourth-order valence-corrected chi connectivity index (χ4v) is 3.92. The molecule has 2 aromatic rings. The second-order valence-corrected chi connectivity index (χ2v) is 8.52. The summed E-state index contributed by atoms with van der Waals surface area (Å²) in [4.78, 5) is 24.7. The molecule has 1 saturated heterocycles. The number of hydrogen-bond donors (Lipinski definition) is 0. The van der Waals surface area contributed by atoms with Gasteiger partial charge in [-0.3, -0.25) is 19.8 Å². The van der Waals surface area contributed by atoms with Crippen molar-refractivity contribution in [3.8, 4) is 11.5 Å². The molecule has 32 heavy (non-hydrogen) atoms. The van der Waals surface area contributed by atoms with Crippen molar-refractivity contribution in [3.05, 3.63) is 68.6 Å². The standard InChI is InChI=1S/C22H22N2O6S2/c1-15-3-6-18(7-4-15)29-11-9-28-10-12-30-19-8-5-17(24(26)27)13-16(19)14-20-21(25)23(2)22(31)32-20/h3-8,13-14H,9-12H2,1-2H3. The highest BCUT2D eigenvalue weighted by Gasteiger charge is 2.29. The summed E-state index contributed by atoms with van der Waals surface area (Å²) < 4.78 is 17.3. The second kappa shape index (κ2) is 11.1. The van der Waals surface area contributed by atoms with E-state index in [-0.39, 0.29) is 18.2 Å². The SMILES string of the molecule is Cc1ccc(OCCOCCOc2ccc([N+](=O)[O-])cc2C=C2SC(=S)N(C)C2=O)cc1. The number of carbonyl (C=O) groups excluding carboxylic acids is 1. The number of amides is 1. The number of likely N-dealkylation sites (N-methyl/N-ethyl adjacent to an activating group) is 1. The zero-order valence-corrected chi connectivity index (χ0v) is 19.2. The zero-order valence-electron chi connectivity index (χ0n) is 17.6. The molecular weight excluding hydrogens is 452 g/mol. The van der Waals surface area contributed by atoms with Crippen LogP contribution >= 0.6 is 24.0 Å². The summed E-state index contributed by atoms with van der Waals surface area (Å²) in [6, 6.07) is 12.0. The molecule has 10 heteroatoms. The van der Waals surface area contributed by atoms with Crippen LogP contribution in [0.25, 0.3) is 6.08 Å². The van der Waals surface area contributed by atoms with Crippen LogP contribution in [-0.2, 0) is 9.53 Å². The van der Waals surface area contributed by atoms with E-state index in [0.29, 0.717) is 40.4 Å². The normalized spacial score (nSPS) is 14.8. The molecule has 0 saturated carbocycles. The van der Waals surface area contributed by atoms with Gasteiger partial charge in [-0.2, -0.15) is 0 Å². The van der Waals surface area contributed by atoms with Crippen molar-refractivity contribution in [2.45, 2.75) is 6.92 Å². The molecule has 0 radical (unpaired) electrons. The van der Waals surface area contributed by atoms with E-state index in [1.165, 1.54) is 23.1 Å². The van der Waals surface area contributed by atoms with Crippen LogP contribution < -0.4 is 9.47 Å². The number of benzene rings is 2. The van der Waals surface area contributed by atoms with E-state index in [9.17, 15) is 14.9 Å². The summed E-state index contributed by atoms with van der Waals surface area (Å²) in [5, 5.41) is 11.2. The van der Waals surface area contributed by atoms with Crippen molar-refractivity contribution in [2.75, 3.05) is 33.5 Å². The maximum Gasteiger partial charge on any atom is 0.270 e. The van der Waals surface area contributed by atoms with Gasteiger partial charge in [0.15, 0.2) is 0 Å². The highest BCUT2D eigenvalue weighted by atomic mass is 32.2. The van der Waals surface area contributed by atoms with Gasteiger partial charge in [0.05, 0.1) is 23.0 Å². The molecule has 3 rings (SSSR count). The smallest absolute Gasteiger partial charge is 0.270 e. The molecule has 0 spiro atoms. The Kier molecular flexibility index (Phi) is 8.20. The summed E-state index contributed by atoms with van der Waals surface area (Å²) in [6.45, 7) is 3.36. The summed E-state index contributed by atoms with van der Waals surface area (Å²) in [5.41, 5.74) is 1.49. The predicted octanol–water partition coefficient (Wildman–Crippen LogP) is 4.21. The van der Waals surface area contributed by atoms with Gasteiger partial charge in [0, 0.05) is 24.7 Å². The minimum Gasteiger partial charge on any atom is -0.491 e. The molecular formula is C22H22N2O6S2. The van der Waals surface area contributed by atoms with Gasteiger partial charge in [0.1, 0.15) is 29.0 Å². The molecule has 1 aliphatic heterocycles. The lowest BCUT2D eigenvalue weighted by molar-refractivity contribution is -0.384. The molecule has 1 fully saturated rings. The van der Waals surface area contributed by atoms with Gasteiger partial charge in [-0.15, -0.1) is 0 Å². The molecule has 1 heterocycles. The molecule has 0 unspecified atom stereocenters. The number of nitro benzene ring substituents is 1. The lowest BCUT2D eigenvalue weighted by Crippen LogP contribution is -2.22. The summed E-state index contributed by atoms with van der Waals surface area (Å²) in [5.74, 6) is 0.939. The van der Waals surface area contributed by atoms with E-state index in [1.54, 1.807) is 13.1 Å². The third-order valence-electron chi connectivity index (χ3n) is 4.48. The summed E-state index contributed by atoms with van der Waals surface area (Å²) in [7, 11) is 1.59. The zero-order chi connectivity index (χ0) is 23.1. The van der Waals surface area contributed by atoms with Crippen LogP contribution in [0.3, 0.4) is 0 Å². The number of nitrogens with zero attached hydrogens (tertiary/aromatic N) is 2. The van der Waals surface area contributed by atoms with Crippen molar-refractivity contribution in [3.63, 3.8) is 0 Å². The first-order valence-corrected chi connectivity index (χ1v) is 11.0. The van der Waals surface area contributed by atoms with Crippen LogP contribution in [0.1, 0.15) is 11.1 Å². The molecule has 0 bridgehead atoms. The molecule has 0 N–H and O–H groups in total. The third kappa shape index (κ3) is 6.28. The molecule has 2 aromatic carbocycles. The summed E-state index contributed by atoms with van der Waals surface area (Å²) in [6.07, 6.45) is 1.56. The Labute approximate surface area is 195 Å². The lowest BCUT2D eigenvalue weighted by atomic mass is 10.1.